The number of hydrogen-bond acceptors (Lipinski definition) is 4. The molecule has 0 radical (unpaired) electrons. The Labute approximate surface area is 87.2 Å². The van der Waals surface area contributed by atoms with Gasteiger partial charge in [-0.3, -0.25) is 19.3 Å². The molecule has 1 fully saturated rings. The van der Waals surface area contributed by atoms with Crippen LogP contribution in [0.4, 0.5) is 0 Å². The van der Waals surface area contributed by atoms with Crippen LogP contribution in [0.3, 0.4) is 0 Å². The number of carbonyl (C=O) groups excluding carboxylic acids is 3. The topological polar surface area (TPSA) is 86.7 Å². The van der Waals surface area contributed by atoms with Crippen molar-refractivity contribution in [2.75, 3.05) is 19.7 Å². The lowest BCUT2D eigenvalue weighted by atomic mass is 10.1. The van der Waals surface area contributed by atoms with Crippen molar-refractivity contribution in [3.8, 4) is 0 Å². The van der Waals surface area contributed by atoms with Crippen LogP contribution in [0, 0.1) is 0 Å². The van der Waals surface area contributed by atoms with Crippen LogP contribution in [0.1, 0.15) is 19.3 Å². The molecule has 0 aromatic rings. The third-order valence-electron chi connectivity index (χ3n) is 2.12. The second-order valence-corrected chi connectivity index (χ2v) is 3.30. The normalized spacial score (nSPS) is 16.7. The summed E-state index contributed by atoms with van der Waals surface area (Å²) in [4.78, 5) is 34.7. The maximum absolute atomic E-state index is 11.3. The molecule has 6 heteroatoms. The van der Waals surface area contributed by atoms with Gasteiger partial charge in [0.2, 0.25) is 17.7 Å². The van der Waals surface area contributed by atoms with Crippen LogP contribution >= 0.6 is 0 Å². The molecule has 3 amide bonds. The molecular weight excluding hydrogens is 200 g/mol. The number of aliphatic hydroxyl groups is 1. The molecule has 0 bridgehead atoms. The van der Waals surface area contributed by atoms with Crippen LogP contribution in [-0.4, -0.2) is 47.4 Å². The number of piperidine rings is 1. The molecule has 0 spiro atoms. The van der Waals surface area contributed by atoms with Gasteiger partial charge in [-0.2, -0.15) is 0 Å². The van der Waals surface area contributed by atoms with Gasteiger partial charge in [0, 0.05) is 19.4 Å². The van der Waals surface area contributed by atoms with Crippen molar-refractivity contribution in [3.63, 3.8) is 0 Å². The molecule has 15 heavy (non-hydrogen) atoms. The minimum absolute atomic E-state index is 0.134. The lowest BCUT2D eigenvalue weighted by Gasteiger charge is -2.23. The average Bonchev–Trinajstić information content (AvgIpc) is 2.21. The second kappa shape index (κ2) is 5.45. The first-order valence-electron chi connectivity index (χ1n) is 4.86. The smallest absolute Gasteiger partial charge is 0.240 e. The van der Waals surface area contributed by atoms with Gasteiger partial charge >= 0.3 is 0 Å². The molecule has 0 unspecified atom stereocenters. The van der Waals surface area contributed by atoms with Crippen molar-refractivity contribution in [2.45, 2.75) is 19.3 Å². The maximum Gasteiger partial charge on any atom is 0.240 e. The number of imide groups is 1. The van der Waals surface area contributed by atoms with E-state index in [1.54, 1.807) is 0 Å². The monoisotopic (exact) mass is 214 g/mol. The Hall–Kier alpha value is -1.43. The Bertz CT molecular complexity index is 261. The van der Waals surface area contributed by atoms with E-state index in [9.17, 15) is 14.4 Å². The van der Waals surface area contributed by atoms with Gasteiger partial charge in [0.05, 0.1) is 6.61 Å². The molecule has 1 saturated heterocycles. The van der Waals surface area contributed by atoms with Gasteiger partial charge in [-0.15, -0.1) is 0 Å². The number of nitrogens with zero attached hydrogens (tertiary/aromatic N) is 1. The summed E-state index contributed by atoms with van der Waals surface area (Å²) in [6.07, 6.45) is 1.20. The Morgan fingerprint density at radius 3 is 2.47 bits per heavy atom. The number of amides is 3. The van der Waals surface area contributed by atoms with E-state index in [4.69, 9.17) is 5.11 Å². The number of likely N-dealkylation sites (tertiary alicyclic amines) is 1. The Morgan fingerprint density at radius 2 is 1.93 bits per heavy atom. The molecule has 0 atom stereocenters. The first-order chi connectivity index (χ1) is 7.15. The van der Waals surface area contributed by atoms with Crippen molar-refractivity contribution in [1.82, 2.24) is 10.2 Å². The minimum atomic E-state index is -0.423. The largest absolute Gasteiger partial charge is 0.395 e. The molecular formula is C9H14N2O4. The summed E-state index contributed by atoms with van der Waals surface area (Å²) < 4.78 is 0. The van der Waals surface area contributed by atoms with E-state index in [1.165, 1.54) is 0 Å². The fourth-order valence-electron chi connectivity index (χ4n) is 1.37. The van der Waals surface area contributed by atoms with Crippen molar-refractivity contribution < 1.29 is 19.5 Å². The predicted octanol–water partition coefficient (Wildman–Crippen LogP) is -1.37. The summed E-state index contributed by atoms with van der Waals surface area (Å²) in [5.41, 5.74) is 0. The second-order valence-electron chi connectivity index (χ2n) is 3.30. The SMILES string of the molecule is O=C(CN1C(=O)CCCC1=O)NCCO. The zero-order valence-corrected chi connectivity index (χ0v) is 8.36. The first kappa shape index (κ1) is 11.6. The molecule has 0 aliphatic carbocycles. The summed E-state index contributed by atoms with van der Waals surface area (Å²) in [7, 11) is 0. The van der Waals surface area contributed by atoms with Crippen molar-refractivity contribution in [3.05, 3.63) is 0 Å². The highest BCUT2D eigenvalue weighted by atomic mass is 16.3. The highest BCUT2D eigenvalue weighted by molar-refractivity contribution is 6.00. The standard InChI is InChI=1S/C9H14N2O4/c12-5-4-10-7(13)6-11-8(14)2-1-3-9(11)15/h12H,1-6H2,(H,10,13). The number of nitrogens with one attached hydrogen (secondary N) is 1. The van der Waals surface area contributed by atoms with E-state index in [0.717, 1.165) is 4.90 Å². The van der Waals surface area contributed by atoms with E-state index in [2.05, 4.69) is 5.32 Å². The van der Waals surface area contributed by atoms with E-state index in [1.807, 2.05) is 0 Å². The van der Waals surface area contributed by atoms with E-state index in [-0.39, 0.29) is 31.5 Å². The van der Waals surface area contributed by atoms with Crippen LogP contribution in [-0.2, 0) is 14.4 Å². The number of aliphatic hydroxyl groups excluding tert-OH is 1. The van der Waals surface area contributed by atoms with Crippen LogP contribution in [0.25, 0.3) is 0 Å². The van der Waals surface area contributed by atoms with E-state index >= 15 is 0 Å². The average molecular weight is 214 g/mol. The summed E-state index contributed by atoms with van der Waals surface area (Å²) in [6.45, 7) is -0.264. The Kier molecular flexibility index (Phi) is 4.23. The van der Waals surface area contributed by atoms with Crippen molar-refractivity contribution in [1.29, 1.82) is 0 Å². The van der Waals surface area contributed by atoms with Crippen molar-refractivity contribution in [2.24, 2.45) is 0 Å². The lowest BCUT2D eigenvalue weighted by molar-refractivity contribution is -0.150. The molecule has 0 aromatic heterocycles. The van der Waals surface area contributed by atoms with Crippen LogP contribution in [0.15, 0.2) is 0 Å². The van der Waals surface area contributed by atoms with E-state index < -0.39 is 5.91 Å². The zero-order chi connectivity index (χ0) is 11.3. The van der Waals surface area contributed by atoms with Crippen LogP contribution < -0.4 is 5.32 Å². The van der Waals surface area contributed by atoms with Gasteiger partial charge in [-0.05, 0) is 6.42 Å². The molecule has 0 saturated carbocycles. The third kappa shape index (κ3) is 3.32. The number of hydrogen-bond donors (Lipinski definition) is 2. The number of rotatable bonds is 4. The van der Waals surface area contributed by atoms with Gasteiger partial charge in [0.1, 0.15) is 6.54 Å². The molecule has 1 heterocycles. The van der Waals surface area contributed by atoms with Gasteiger partial charge in [-0.25, -0.2) is 0 Å². The van der Waals surface area contributed by atoms with Gasteiger partial charge in [0.25, 0.3) is 0 Å². The first-order valence-corrected chi connectivity index (χ1v) is 4.86. The maximum atomic E-state index is 11.3. The molecule has 2 N–H and O–H groups in total. The third-order valence-corrected chi connectivity index (χ3v) is 2.12. The fourth-order valence-corrected chi connectivity index (χ4v) is 1.37. The highest BCUT2D eigenvalue weighted by Gasteiger charge is 2.27. The van der Waals surface area contributed by atoms with Gasteiger partial charge < -0.3 is 10.4 Å². The van der Waals surface area contributed by atoms with E-state index in [0.29, 0.717) is 19.3 Å². The van der Waals surface area contributed by atoms with Crippen LogP contribution in [0.2, 0.25) is 0 Å². The summed E-state index contributed by atoms with van der Waals surface area (Å²) in [5.74, 6) is -1.02. The zero-order valence-electron chi connectivity index (χ0n) is 8.36. The fraction of sp³-hybridized carbons (Fsp3) is 0.667. The molecule has 0 aromatic carbocycles. The molecule has 1 aliphatic heterocycles. The quantitative estimate of drug-likeness (QED) is 0.565. The number of carbonyl (C=O) groups is 3. The summed E-state index contributed by atoms with van der Waals surface area (Å²) in [5, 5.41) is 10.8. The molecule has 1 aliphatic rings. The van der Waals surface area contributed by atoms with Gasteiger partial charge in [-0.1, -0.05) is 0 Å². The lowest BCUT2D eigenvalue weighted by Crippen LogP contribution is -2.46. The van der Waals surface area contributed by atoms with Crippen molar-refractivity contribution >= 4 is 17.7 Å². The highest BCUT2D eigenvalue weighted by Crippen LogP contribution is 2.11. The Balaban J connectivity index is 2.44. The van der Waals surface area contributed by atoms with Crippen LogP contribution in [0.5, 0.6) is 0 Å². The summed E-state index contributed by atoms with van der Waals surface area (Å²) in [6, 6.07) is 0. The predicted molar refractivity (Wildman–Crippen MR) is 50.7 cm³/mol. The van der Waals surface area contributed by atoms with Gasteiger partial charge in [0.15, 0.2) is 0 Å². The molecule has 1 rings (SSSR count). The summed E-state index contributed by atoms with van der Waals surface area (Å²) >= 11 is 0. The molecule has 84 valence electrons. The molecule has 6 nitrogen and oxygen atoms in total. The Morgan fingerprint density at radius 1 is 1.33 bits per heavy atom. The minimum Gasteiger partial charge on any atom is -0.395 e.